The molecule has 0 spiro atoms. The zero-order valence-corrected chi connectivity index (χ0v) is 16.7. The molecule has 1 heterocycles. The fourth-order valence-corrected chi connectivity index (χ4v) is 2.60. The number of alkyl halides is 3. The van der Waals surface area contributed by atoms with E-state index in [-0.39, 0.29) is 11.4 Å². The quantitative estimate of drug-likeness (QED) is 0.441. The molecule has 1 N–H and O–H groups in total. The molecule has 2 aromatic carbocycles. The van der Waals surface area contributed by atoms with Crippen LogP contribution in [0.15, 0.2) is 61.2 Å². The van der Waals surface area contributed by atoms with Gasteiger partial charge >= 0.3 is 12.1 Å². The van der Waals surface area contributed by atoms with Crippen LogP contribution in [0.4, 0.5) is 18.9 Å². The number of anilines is 1. The summed E-state index contributed by atoms with van der Waals surface area (Å²) in [7, 11) is 1.53. The van der Waals surface area contributed by atoms with Crippen LogP contribution in [0.25, 0.3) is 11.8 Å². The van der Waals surface area contributed by atoms with Gasteiger partial charge in [0.15, 0.2) is 6.61 Å². The predicted molar refractivity (Wildman–Crippen MR) is 108 cm³/mol. The maximum Gasteiger partial charge on any atom is 0.416 e. The van der Waals surface area contributed by atoms with Gasteiger partial charge in [0.2, 0.25) is 0 Å². The molecule has 11 heteroatoms. The third-order valence-corrected chi connectivity index (χ3v) is 4.14. The number of nitrogens with zero attached hydrogens (tertiary/aromatic N) is 3. The Hall–Kier alpha value is -4.15. The first-order valence-corrected chi connectivity index (χ1v) is 9.11. The number of carbonyl (C=O) groups is 2. The first-order chi connectivity index (χ1) is 15.3. The van der Waals surface area contributed by atoms with E-state index < -0.39 is 30.2 Å². The first-order valence-electron chi connectivity index (χ1n) is 9.11. The molecule has 0 unspecified atom stereocenters. The molecule has 1 aromatic heterocycles. The van der Waals surface area contributed by atoms with E-state index in [0.29, 0.717) is 11.3 Å². The smallest absolute Gasteiger partial charge is 0.416 e. The summed E-state index contributed by atoms with van der Waals surface area (Å²) >= 11 is 0. The number of esters is 1. The molecule has 8 nitrogen and oxygen atoms in total. The van der Waals surface area contributed by atoms with Crippen molar-refractivity contribution in [3.05, 3.63) is 72.3 Å². The molecular weight excluding hydrogens is 429 g/mol. The van der Waals surface area contributed by atoms with Crippen molar-refractivity contribution in [3.8, 4) is 11.4 Å². The summed E-state index contributed by atoms with van der Waals surface area (Å²) in [5.41, 5.74) is -0.264. The number of hydrogen-bond donors (Lipinski definition) is 1. The van der Waals surface area contributed by atoms with Crippen LogP contribution < -0.4 is 10.1 Å². The van der Waals surface area contributed by atoms with Gasteiger partial charge in [-0.1, -0.05) is 12.1 Å². The predicted octanol–water partition coefficient (Wildman–Crippen LogP) is 3.49. The van der Waals surface area contributed by atoms with E-state index in [0.717, 1.165) is 24.3 Å². The minimum absolute atomic E-state index is 0.162. The van der Waals surface area contributed by atoms with Gasteiger partial charge in [-0.15, -0.1) is 0 Å². The van der Waals surface area contributed by atoms with Crippen molar-refractivity contribution in [2.45, 2.75) is 6.18 Å². The lowest BCUT2D eigenvalue weighted by molar-refractivity contribution is -0.142. The molecule has 32 heavy (non-hydrogen) atoms. The van der Waals surface area contributed by atoms with Gasteiger partial charge in [-0.25, -0.2) is 14.5 Å². The molecule has 0 aliphatic rings. The van der Waals surface area contributed by atoms with Gasteiger partial charge in [0.05, 0.1) is 24.0 Å². The molecule has 166 valence electrons. The molecule has 3 rings (SSSR count). The van der Waals surface area contributed by atoms with Crippen LogP contribution in [-0.2, 0) is 20.5 Å². The Morgan fingerprint density at radius 2 is 1.91 bits per heavy atom. The monoisotopic (exact) mass is 446 g/mol. The largest absolute Gasteiger partial charge is 0.497 e. The van der Waals surface area contributed by atoms with Gasteiger partial charge < -0.3 is 14.8 Å². The Labute approximate surface area is 180 Å². The number of rotatable bonds is 7. The Morgan fingerprint density at radius 1 is 1.16 bits per heavy atom. The van der Waals surface area contributed by atoms with Gasteiger partial charge in [0, 0.05) is 6.08 Å². The number of ether oxygens (including phenoxy) is 2. The SMILES string of the molecule is COc1ccc(/C=C/C(=O)OCC(=O)Nc2cc(C(F)(F)F)ccc2-n2cncn2)cc1. The van der Waals surface area contributed by atoms with Gasteiger partial charge in [0.25, 0.3) is 5.91 Å². The summed E-state index contributed by atoms with van der Waals surface area (Å²) in [5, 5.41) is 6.17. The van der Waals surface area contributed by atoms with Crippen molar-refractivity contribution in [2.24, 2.45) is 0 Å². The van der Waals surface area contributed by atoms with E-state index in [1.165, 1.54) is 30.5 Å². The number of nitrogens with one attached hydrogen (secondary N) is 1. The molecule has 0 saturated heterocycles. The fourth-order valence-electron chi connectivity index (χ4n) is 2.60. The van der Waals surface area contributed by atoms with Crippen molar-refractivity contribution in [3.63, 3.8) is 0 Å². The highest BCUT2D eigenvalue weighted by Gasteiger charge is 2.31. The van der Waals surface area contributed by atoms with E-state index >= 15 is 0 Å². The van der Waals surface area contributed by atoms with E-state index in [9.17, 15) is 22.8 Å². The molecule has 0 aliphatic carbocycles. The second-order valence-corrected chi connectivity index (χ2v) is 6.33. The molecule has 1 amide bonds. The average molecular weight is 446 g/mol. The molecular formula is C21H17F3N4O4. The second kappa shape index (κ2) is 9.77. The van der Waals surface area contributed by atoms with E-state index in [1.54, 1.807) is 24.3 Å². The van der Waals surface area contributed by atoms with Crippen molar-refractivity contribution in [1.29, 1.82) is 0 Å². The number of carbonyl (C=O) groups excluding carboxylic acids is 2. The Kier molecular flexibility index (Phi) is 6.88. The lowest BCUT2D eigenvalue weighted by atomic mass is 10.1. The van der Waals surface area contributed by atoms with Crippen molar-refractivity contribution >= 4 is 23.6 Å². The first kappa shape index (κ1) is 22.5. The molecule has 0 fully saturated rings. The molecule has 0 aliphatic heterocycles. The molecule has 0 bridgehead atoms. The van der Waals surface area contributed by atoms with Crippen LogP contribution in [-0.4, -0.2) is 40.4 Å². The normalized spacial score (nSPS) is 11.4. The van der Waals surface area contributed by atoms with Gasteiger partial charge in [-0.2, -0.15) is 18.3 Å². The minimum Gasteiger partial charge on any atom is -0.497 e. The molecule has 0 radical (unpaired) electrons. The maximum absolute atomic E-state index is 13.1. The van der Waals surface area contributed by atoms with Crippen LogP contribution in [0.1, 0.15) is 11.1 Å². The zero-order valence-electron chi connectivity index (χ0n) is 16.7. The molecule has 0 atom stereocenters. The Morgan fingerprint density at radius 3 is 2.53 bits per heavy atom. The standard InChI is InChI=1S/C21H17F3N4O4/c1-31-16-6-2-14(3-7-16)4-9-20(30)32-11-19(29)27-17-10-15(21(22,23)24)5-8-18(17)28-13-25-12-26-28/h2-10,12-13H,11H2,1H3,(H,27,29)/b9-4+. The van der Waals surface area contributed by atoms with Crippen LogP contribution in [0.2, 0.25) is 0 Å². The minimum atomic E-state index is -4.61. The summed E-state index contributed by atoms with van der Waals surface area (Å²) in [6, 6.07) is 9.62. The van der Waals surface area contributed by atoms with Crippen molar-refractivity contribution in [2.75, 3.05) is 19.0 Å². The van der Waals surface area contributed by atoms with E-state index in [4.69, 9.17) is 9.47 Å². The lowest BCUT2D eigenvalue weighted by Crippen LogP contribution is -2.21. The molecule has 0 saturated carbocycles. The summed E-state index contributed by atoms with van der Waals surface area (Å²) in [6.07, 6.45) is 0.455. The van der Waals surface area contributed by atoms with E-state index in [2.05, 4.69) is 15.4 Å². The van der Waals surface area contributed by atoms with Crippen LogP contribution >= 0.6 is 0 Å². The highest BCUT2D eigenvalue weighted by atomic mass is 19.4. The summed E-state index contributed by atoms with van der Waals surface area (Å²) in [6.45, 7) is -0.696. The summed E-state index contributed by atoms with van der Waals surface area (Å²) < 4.78 is 50.3. The number of methoxy groups -OCH3 is 1. The van der Waals surface area contributed by atoms with Crippen LogP contribution in [0.3, 0.4) is 0 Å². The number of amides is 1. The maximum atomic E-state index is 13.1. The van der Waals surface area contributed by atoms with Gasteiger partial charge in [0.1, 0.15) is 18.4 Å². The zero-order chi connectivity index (χ0) is 23.1. The Bertz CT molecular complexity index is 1110. The fraction of sp³-hybridized carbons (Fsp3) is 0.143. The highest BCUT2D eigenvalue weighted by Crippen LogP contribution is 2.33. The number of aromatic nitrogens is 3. The number of hydrogen-bond acceptors (Lipinski definition) is 6. The van der Waals surface area contributed by atoms with Gasteiger partial charge in [-0.05, 0) is 42.0 Å². The third kappa shape index (κ3) is 5.94. The highest BCUT2D eigenvalue weighted by molar-refractivity contribution is 5.96. The summed E-state index contributed by atoms with van der Waals surface area (Å²) in [4.78, 5) is 27.8. The lowest BCUT2D eigenvalue weighted by Gasteiger charge is -2.14. The second-order valence-electron chi connectivity index (χ2n) is 6.33. The van der Waals surface area contributed by atoms with Crippen LogP contribution in [0, 0.1) is 0 Å². The average Bonchev–Trinajstić information content (AvgIpc) is 3.30. The van der Waals surface area contributed by atoms with Crippen molar-refractivity contribution in [1.82, 2.24) is 14.8 Å². The van der Waals surface area contributed by atoms with Crippen molar-refractivity contribution < 1.29 is 32.2 Å². The third-order valence-electron chi connectivity index (χ3n) is 4.14. The van der Waals surface area contributed by atoms with Gasteiger partial charge in [-0.3, -0.25) is 4.79 Å². The number of benzene rings is 2. The topological polar surface area (TPSA) is 95.3 Å². The molecule has 3 aromatic rings. The van der Waals surface area contributed by atoms with Crippen LogP contribution in [0.5, 0.6) is 5.75 Å². The Balaban J connectivity index is 1.64. The summed E-state index contributed by atoms with van der Waals surface area (Å²) in [5.74, 6) is -0.963. The van der Waals surface area contributed by atoms with E-state index in [1.807, 2.05) is 0 Å². The number of halogens is 3.